The van der Waals surface area contributed by atoms with Gasteiger partial charge in [0.1, 0.15) is 5.82 Å². The van der Waals surface area contributed by atoms with Gasteiger partial charge in [0.25, 0.3) is 5.91 Å². The van der Waals surface area contributed by atoms with Crippen molar-refractivity contribution in [2.75, 3.05) is 12.0 Å². The van der Waals surface area contributed by atoms with Crippen LogP contribution in [0.5, 0.6) is 0 Å². The fraction of sp³-hybridized carbons (Fsp3) is 0.250. The van der Waals surface area contributed by atoms with Crippen molar-refractivity contribution in [3.63, 3.8) is 0 Å². The molecule has 19 heavy (non-hydrogen) atoms. The first kappa shape index (κ1) is 13.0. The van der Waals surface area contributed by atoms with E-state index in [0.29, 0.717) is 24.5 Å². The lowest BCUT2D eigenvalue weighted by Gasteiger charge is -2.06. The molecule has 2 rings (SSSR count). The summed E-state index contributed by atoms with van der Waals surface area (Å²) in [4.78, 5) is 15.8. The van der Waals surface area contributed by atoms with Gasteiger partial charge in [0.15, 0.2) is 0 Å². The van der Waals surface area contributed by atoms with E-state index in [-0.39, 0.29) is 5.91 Å². The van der Waals surface area contributed by atoms with Crippen LogP contribution in [0.1, 0.15) is 15.9 Å². The molecule has 0 spiro atoms. The van der Waals surface area contributed by atoms with E-state index in [0.717, 1.165) is 5.56 Å². The van der Waals surface area contributed by atoms with Crippen LogP contribution in [0.15, 0.2) is 30.7 Å². The van der Waals surface area contributed by atoms with Crippen LogP contribution in [-0.2, 0) is 6.54 Å². The van der Waals surface area contributed by atoms with Crippen LogP contribution in [-0.4, -0.2) is 27.2 Å². The molecule has 0 aliphatic rings. The second-order valence-electron chi connectivity index (χ2n) is 4.11. The number of aromatic nitrogens is 3. The number of rotatable bonds is 5. The minimum atomic E-state index is -0.167. The molecule has 0 atom stereocenters. The highest BCUT2D eigenvalue weighted by Crippen LogP contribution is 2.03. The molecule has 7 nitrogen and oxygen atoms in total. The number of nitrogens with zero attached hydrogens (tertiary/aromatic N) is 3. The molecular weight excluding hydrogens is 244 g/mol. The zero-order chi connectivity index (χ0) is 13.7. The van der Waals surface area contributed by atoms with Gasteiger partial charge in [-0.15, -0.1) is 0 Å². The standard InChI is InChI=1S/C12H16N6O/c1-9-6-16-18(8-9)5-4-14-12(19)10-2-3-11(17-13)15-7-10/h2-3,6-8H,4-5,13H2,1H3,(H,14,19)(H,15,17). The number of carbonyl (C=O) groups is 1. The van der Waals surface area contributed by atoms with E-state index < -0.39 is 0 Å². The Labute approximate surface area is 110 Å². The van der Waals surface area contributed by atoms with Gasteiger partial charge in [0.05, 0.1) is 18.3 Å². The first-order chi connectivity index (χ1) is 9.19. The van der Waals surface area contributed by atoms with Crippen LogP contribution in [0.25, 0.3) is 0 Å². The number of nitrogens with one attached hydrogen (secondary N) is 2. The summed E-state index contributed by atoms with van der Waals surface area (Å²) >= 11 is 0. The van der Waals surface area contributed by atoms with E-state index in [1.807, 2.05) is 13.1 Å². The maximum absolute atomic E-state index is 11.8. The van der Waals surface area contributed by atoms with Crippen LogP contribution in [0.2, 0.25) is 0 Å². The number of hydrazine groups is 1. The zero-order valence-electron chi connectivity index (χ0n) is 10.6. The molecule has 2 aromatic rings. The molecule has 7 heteroatoms. The van der Waals surface area contributed by atoms with E-state index in [4.69, 9.17) is 5.84 Å². The predicted molar refractivity (Wildman–Crippen MR) is 71.3 cm³/mol. The Morgan fingerprint density at radius 1 is 1.42 bits per heavy atom. The van der Waals surface area contributed by atoms with Crippen molar-refractivity contribution in [1.82, 2.24) is 20.1 Å². The fourth-order valence-electron chi connectivity index (χ4n) is 1.59. The van der Waals surface area contributed by atoms with Crippen LogP contribution < -0.4 is 16.6 Å². The third-order valence-electron chi connectivity index (χ3n) is 2.56. The maximum Gasteiger partial charge on any atom is 0.252 e. The Bertz CT molecular complexity index is 548. The maximum atomic E-state index is 11.8. The normalized spacial score (nSPS) is 10.2. The number of carbonyl (C=O) groups excluding carboxylic acids is 1. The second-order valence-corrected chi connectivity index (χ2v) is 4.11. The number of nitrogen functional groups attached to an aromatic ring is 1. The lowest BCUT2D eigenvalue weighted by molar-refractivity contribution is 0.0951. The summed E-state index contributed by atoms with van der Waals surface area (Å²) in [5.74, 6) is 5.55. The lowest BCUT2D eigenvalue weighted by Crippen LogP contribution is -2.27. The van der Waals surface area contributed by atoms with E-state index >= 15 is 0 Å². The molecule has 100 valence electrons. The van der Waals surface area contributed by atoms with Crippen molar-refractivity contribution in [3.8, 4) is 0 Å². The van der Waals surface area contributed by atoms with Crippen molar-refractivity contribution in [2.45, 2.75) is 13.5 Å². The van der Waals surface area contributed by atoms with Gasteiger partial charge in [-0.3, -0.25) is 9.48 Å². The van der Waals surface area contributed by atoms with Crippen molar-refractivity contribution in [1.29, 1.82) is 0 Å². The molecule has 2 heterocycles. The molecule has 0 aliphatic carbocycles. The summed E-state index contributed by atoms with van der Waals surface area (Å²) in [7, 11) is 0. The monoisotopic (exact) mass is 260 g/mol. The van der Waals surface area contributed by atoms with Crippen LogP contribution >= 0.6 is 0 Å². The first-order valence-corrected chi connectivity index (χ1v) is 5.89. The summed E-state index contributed by atoms with van der Waals surface area (Å²) in [5.41, 5.74) is 4.00. The number of anilines is 1. The van der Waals surface area contributed by atoms with E-state index in [9.17, 15) is 4.79 Å². The first-order valence-electron chi connectivity index (χ1n) is 5.89. The van der Waals surface area contributed by atoms with Crippen molar-refractivity contribution < 1.29 is 4.79 Å². The molecule has 0 aromatic carbocycles. The van der Waals surface area contributed by atoms with Crippen molar-refractivity contribution in [2.24, 2.45) is 5.84 Å². The van der Waals surface area contributed by atoms with Gasteiger partial charge >= 0.3 is 0 Å². The van der Waals surface area contributed by atoms with Gasteiger partial charge in [-0.2, -0.15) is 5.10 Å². The number of hydrogen-bond acceptors (Lipinski definition) is 5. The van der Waals surface area contributed by atoms with Crippen molar-refractivity contribution in [3.05, 3.63) is 41.9 Å². The Morgan fingerprint density at radius 3 is 2.84 bits per heavy atom. The summed E-state index contributed by atoms with van der Waals surface area (Å²) in [6.07, 6.45) is 5.18. The largest absolute Gasteiger partial charge is 0.350 e. The molecule has 0 aliphatic heterocycles. The van der Waals surface area contributed by atoms with Gasteiger partial charge in [-0.25, -0.2) is 10.8 Å². The van der Waals surface area contributed by atoms with Gasteiger partial charge in [-0.05, 0) is 24.6 Å². The molecule has 0 bridgehead atoms. The Morgan fingerprint density at radius 2 is 2.26 bits per heavy atom. The predicted octanol–water partition coefficient (Wildman–Crippen LogP) is 0.302. The Hall–Kier alpha value is -2.41. The molecule has 2 aromatic heterocycles. The number of pyridine rings is 1. The number of aryl methyl sites for hydroxylation is 1. The Kier molecular flexibility index (Phi) is 4.09. The third-order valence-corrected chi connectivity index (χ3v) is 2.56. The molecular formula is C12H16N6O. The highest BCUT2D eigenvalue weighted by atomic mass is 16.1. The molecule has 0 saturated carbocycles. The minimum Gasteiger partial charge on any atom is -0.350 e. The van der Waals surface area contributed by atoms with Crippen LogP contribution in [0.4, 0.5) is 5.82 Å². The third kappa shape index (κ3) is 3.52. The number of hydrogen-bond donors (Lipinski definition) is 3. The van der Waals surface area contributed by atoms with Gasteiger partial charge < -0.3 is 10.7 Å². The van der Waals surface area contributed by atoms with Gasteiger partial charge in [0, 0.05) is 18.9 Å². The quantitative estimate of drug-likeness (QED) is 0.530. The van der Waals surface area contributed by atoms with Crippen molar-refractivity contribution >= 4 is 11.7 Å². The minimum absolute atomic E-state index is 0.167. The summed E-state index contributed by atoms with van der Waals surface area (Å²) in [6, 6.07) is 3.31. The molecule has 1 amide bonds. The summed E-state index contributed by atoms with van der Waals surface area (Å²) in [5, 5.41) is 6.94. The Balaban J connectivity index is 1.83. The SMILES string of the molecule is Cc1cnn(CCNC(=O)c2ccc(NN)nc2)c1. The molecule has 0 unspecified atom stereocenters. The average Bonchev–Trinajstić information content (AvgIpc) is 2.84. The van der Waals surface area contributed by atoms with Gasteiger partial charge in [-0.1, -0.05) is 0 Å². The molecule has 0 fully saturated rings. The lowest BCUT2D eigenvalue weighted by atomic mass is 10.2. The van der Waals surface area contributed by atoms with E-state index in [2.05, 4.69) is 20.8 Å². The van der Waals surface area contributed by atoms with Crippen LogP contribution in [0, 0.1) is 6.92 Å². The average molecular weight is 260 g/mol. The highest BCUT2D eigenvalue weighted by molar-refractivity contribution is 5.93. The van der Waals surface area contributed by atoms with Gasteiger partial charge in [0.2, 0.25) is 0 Å². The highest BCUT2D eigenvalue weighted by Gasteiger charge is 2.05. The smallest absolute Gasteiger partial charge is 0.252 e. The second kappa shape index (κ2) is 5.96. The molecule has 0 saturated heterocycles. The molecule has 0 radical (unpaired) electrons. The topological polar surface area (TPSA) is 97.9 Å². The van der Waals surface area contributed by atoms with E-state index in [1.54, 1.807) is 23.0 Å². The molecule has 4 N–H and O–H groups in total. The fourth-order valence-corrected chi connectivity index (χ4v) is 1.59. The number of amides is 1. The number of nitrogens with two attached hydrogens (primary N) is 1. The zero-order valence-corrected chi connectivity index (χ0v) is 10.6. The van der Waals surface area contributed by atoms with E-state index in [1.165, 1.54) is 6.20 Å². The summed E-state index contributed by atoms with van der Waals surface area (Å²) < 4.78 is 1.79. The summed E-state index contributed by atoms with van der Waals surface area (Å²) in [6.45, 7) is 3.12. The van der Waals surface area contributed by atoms with Crippen LogP contribution in [0.3, 0.4) is 0 Å².